The molecule has 0 aromatic heterocycles. The molecule has 60 valence electrons. The molecule has 0 radical (unpaired) electrons. The number of nitrogens with zero attached hydrogens (tertiary/aromatic N) is 1. The van der Waals surface area contributed by atoms with Crippen LogP contribution in [-0.2, 0) is 0 Å². The summed E-state index contributed by atoms with van der Waals surface area (Å²) in [5.74, 6) is 0. The Morgan fingerprint density at radius 3 is 2.50 bits per heavy atom. The van der Waals surface area contributed by atoms with E-state index in [0.717, 1.165) is 0 Å². The van der Waals surface area contributed by atoms with E-state index in [9.17, 15) is 5.11 Å². The van der Waals surface area contributed by atoms with Crippen molar-refractivity contribution in [2.75, 3.05) is 19.8 Å². The SMILES string of the molecule is CC1(O)CN(CO)CC1O. The van der Waals surface area contributed by atoms with Gasteiger partial charge < -0.3 is 15.3 Å². The number of hydrogen-bond donors (Lipinski definition) is 3. The minimum absolute atomic E-state index is 0.104. The summed E-state index contributed by atoms with van der Waals surface area (Å²) in [6.45, 7) is 2.15. The molecule has 0 amide bonds. The van der Waals surface area contributed by atoms with Gasteiger partial charge in [0.05, 0.1) is 12.8 Å². The molecule has 0 saturated carbocycles. The third-order valence-corrected chi connectivity index (χ3v) is 1.89. The van der Waals surface area contributed by atoms with Crippen molar-refractivity contribution in [3.63, 3.8) is 0 Å². The maximum atomic E-state index is 9.36. The van der Waals surface area contributed by atoms with Crippen molar-refractivity contribution in [2.45, 2.75) is 18.6 Å². The van der Waals surface area contributed by atoms with Crippen molar-refractivity contribution in [3.05, 3.63) is 0 Å². The van der Waals surface area contributed by atoms with Gasteiger partial charge in [0.25, 0.3) is 0 Å². The molecule has 3 N–H and O–H groups in total. The van der Waals surface area contributed by atoms with Crippen molar-refractivity contribution in [3.8, 4) is 0 Å². The molecule has 4 heteroatoms. The van der Waals surface area contributed by atoms with E-state index in [1.807, 2.05) is 0 Å². The monoisotopic (exact) mass is 147 g/mol. The third kappa shape index (κ3) is 1.29. The molecule has 1 heterocycles. The van der Waals surface area contributed by atoms with Gasteiger partial charge in [-0.25, -0.2) is 0 Å². The lowest BCUT2D eigenvalue weighted by Gasteiger charge is -2.19. The summed E-state index contributed by atoms with van der Waals surface area (Å²) in [6.07, 6.45) is -0.736. The number of hydrogen-bond acceptors (Lipinski definition) is 4. The Labute approximate surface area is 59.7 Å². The van der Waals surface area contributed by atoms with E-state index in [-0.39, 0.29) is 6.73 Å². The minimum Gasteiger partial charge on any atom is -0.389 e. The highest BCUT2D eigenvalue weighted by atomic mass is 16.3. The second-order valence-corrected chi connectivity index (χ2v) is 3.03. The summed E-state index contributed by atoms with van der Waals surface area (Å²) in [7, 11) is 0. The molecule has 1 fully saturated rings. The Hall–Kier alpha value is -0.160. The molecular weight excluding hydrogens is 134 g/mol. The summed E-state index contributed by atoms with van der Waals surface area (Å²) < 4.78 is 0. The molecule has 0 spiro atoms. The van der Waals surface area contributed by atoms with Crippen molar-refractivity contribution in [1.29, 1.82) is 0 Å². The first-order valence-corrected chi connectivity index (χ1v) is 3.30. The predicted octanol–water partition coefficient (Wildman–Crippen LogP) is -1.64. The summed E-state index contributed by atoms with van der Waals surface area (Å²) >= 11 is 0. The molecule has 2 unspecified atom stereocenters. The smallest absolute Gasteiger partial charge is 0.102 e. The van der Waals surface area contributed by atoms with E-state index in [2.05, 4.69) is 0 Å². The zero-order chi connectivity index (χ0) is 7.78. The van der Waals surface area contributed by atoms with Gasteiger partial charge in [0.2, 0.25) is 0 Å². The highest BCUT2D eigenvalue weighted by molar-refractivity contribution is 4.93. The van der Waals surface area contributed by atoms with Crippen LogP contribution >= 0.6 is 0 Å². The van der Waals surface area contributed by atoms with Gasteiger partial charge in [0, 0.05) is 13.1 Å². The van der Waals surface area contributed by atoms with Crippen LogP contribution < -0.4 is 0 Å². The van der Waals surface area contributed by atoms with Crippen LogP contribution in [0, 0.1) is 0 Å². The Balaban J connectivity index is 2.53. The van der Waals surface area contributed by atoms with Crippen LogP contribution in [0.3, 0.4) is 0 Å². The van der Waals surface area contributed by atoms with Crippen LogP contribution in [-0.4, -0.2) is 51.7 Å². The lowest BCUT2D eigenvalue weighted by molar-refractivity contribution is -0.0263. The van der Waals surface area contributed by atoms with Crippen LogP contribution in [0.25, 0.3) is 0 Å². The van der Waals surface area contributed by atoms with Gasteiger partial charge in [-0.15, -0.1) is 0 Å². The van der Waals surface area contributed by atoms with Crippen molar-refractivity contribution >= 4 is 0 Å². The molecule has 0 aromatic rings. The fraction of sp³-hybridized carbons (Fsp3) is 1.00. The lowest BCUT2D eigenvalue weighted by atomic mass is 10.0. The quantitative estimate of drug-likeness (QED) is 0.416. The van der Waals surface area contributed by atoms with E-state index in [1.165, 1.54) is 0 Å². The van der Waals surface area contributed by atoms with E-state index < -0.39 is 11.7 Å². The fourth-order valence-electron chi connectivity index (χ4n) is 1.17. The highest BCUT2D eigenvalue weighted by Gasteiger charge is 2.39. The Morgan fingerprint density at radius 1 is 1.70 bits per heavy atom. The first kappa shape index (κ1) is 7.94. The predicted molar refractivity (Wildman–Crippen MR) is 35.3 cm³/mol. The van der Waals surface area contributed by atoms with Crippen LogP contribution in [0.1, 0.15) is 6.92 Å². The molecule has 1 aliphatic heterocycles. The van der Waals surface area contributed by atoms with Crippen molar-refractivity contribution in [2.24, 2.45) is 0 Å². The first-order valence-electron chi connectivity index (χ1n) is 3.30. The second kappa shape index (κ2) is 2.47. The summed E-state index contributed by atoms with van der Waals surface area (Å²) in [6, 6.07) is 0. The van der Waals surface area contributed by atoms with Crippen LogP contribution in [0.15, 0.2) is 0 Å². The standard InChI is InChI=1S/C6H13NO3/c1-6(10)3-7(4-8)2-5(6)9/h5,8-10H,2-4H2,1H3. The van der Waals surface area contributed by atoms with E-state index >= 15 is 0 Å². The van der Waals surface area contributed by atoms with Gasteiger partial charge in [-0.1, -0.05) is 0 Å². The average molecular weight is 147 g/mol. The molecule has 4 nitrogen and oxygen atoms in total. The molecule has 0 bridgehead atoms. The Bertz CT molecular complexity index is 126. The van der Waals surface area contributed by atoms with Gasteiger partial charge in [-0.05, 0) is 6.92 Å². The Kier molecular flexibility index (Phi) is 1.96. The summed E-state index contributed by atoms with van der Waals surface area (Å²) in [4.78, 5) is 1.59. The van der Waals surface area contributed by atoms with Gasteiger partial charge in [-0.3, -0.25) is 4.90 Å². The molecular formula is C6H13NO3. The van der Waals surface area contributed by atoms with E-state index in [4.69, 9.17) is 10.2 Å². The van der Waals surface area contributed by atoms with Gasteiger partial charge in [0.1, 0.15) is 5.60 Å². The topological polar surface area (TPSA) is 63.9 Å². The molecule has 1 saturated heterocycles. The van der Waals surface area contributed by atoms with Crippen LogP contribution in [0.5, 0.6) is 0 Å². The largest absolute Gasteiger partial charge is 0.389 e. The number of likely N-dealkylation sites (tertiary alicyclic amines) is 1. The molecule has 2 atom stereocenters. The first-order chi connectivity index (χ1) is 4.56. The number of rotatable bonds is 1. The molecule has 0 aliphatic carbocycles. The normalized spacial score (nSPS) is 42.6. The summed E-state index contributed by atoms with van der Waals surface area (Å²) in [5.41, 5.74) is -1.05. The lowest BCUT2D eigenvalue weighted by Crippen LogP contribution is -2.37. The minimum atomic E-state index is -1.05. The van der Waals surface area contributed by atoms with Crippen LogP contribution in [0.2, 0.25) is 0 Å². The van der Waals surface area contributed by atoms with E-state index in [1.54, 1.807) is 11.8 Å². The Morgan fingerprint density at radius 2 is 2.30 bits per heavy atom. The fourth-order valence-corrected chi connectivity index (χ4v) is 1.17. The number of aliphatic hydroxyl groups is 3. The van der Waals surface area contributed by atoms with E-state index in [0.29, 0.717) is 13.1 Å². The number of β-amino-alcohol motifs (C(OH)–C–C–N with tert-alkyl or cyclic N) is 2. The number of aliphatic hydroxyl groups excluding tert-OH is 2. The maximum Gasteiger partial charge on any atom is 0.102 e. The second-order valence-electron chi connectivity index (χ2n) is 3.03. The third-order valence-electron chi connectivity index (χ3n) is 1.89. The molecule has 1 rings (SSSR count). The summed E-state index contributed by atoms with van der Waals surface area (Å²) in [5, 5.41) is 27.1. The zero-order valence-electron chi connectivity index (χ0n) is 5.99. The van der Waals surface area contributed by atoms with Crippen molar-refractivity contribution < 1.29 is 15.3 Å². The average Bonchev–Trinajstić information content (AvgIpc) is 2.08. The van der Waals surface area contributed by atoms with Crippen molar-refractivity contribution in [1.82, 2.24) is 4.90 Å². The molecule has 0 aromatic carbocycles. The van der Waals surface area contributed by atoms with Gasteiger partial charge in [-0.2, -0.15) is 0 Å². The maximum absolute atomic E-state index is 9.36. The highest BCUT2D eigenvalue weighted by Crippen LogP contribution is 2.19. The molecule has 1 aliphatic rings. The van der Waals surface area contributed by atoms with Crippen LogP contribution in [0.4, 0.5) is 0 Å². The van der Waals surface area contributed by atoms with Gasteiger partial charge >= 0.3 is 0 Å². The zero-order valence-corrected chi connectivity index (χ0v) is 5.99. The molecule has 10 heavy (non-hydrogen) atoms. The van der Waals surface area contributed by atoms with Gasteiger partial charge in [0.15, 0.2) is 0 Å².